The summed E-state index contributed by atoms with van der Waals surface area (Å²) in [5.41, 5.74) is 0. The van der Waals surface area contributed by atoms with Crippen LogP contribution in [0.3, 0.4) is 0 Å². The van der Waals surface area contributed by atoms with Crippen LogP contribution in [0.1, 0.15) is 6.92 Å². The normalized spacial score (nSPS) is 9.94. The zero-order valence-electron chi connectivity index (χ0n) is 9.39. The van der Waals surface area contributed by atoms with Crippen LogP contribution in [0.25, 0.3) is 0 Å². The van der Waals surface area contributed by atoms with Gasteiger partial charge in [-0.1, -0.05) is 0 Å². The van der Waals surface area contributed by atoms with Gasteiger partial charge in [-0.2, -0.15) is 30.3 Å². The van der Waals surface area contributed by atoms with Gasteiger partial charge in [0, 0.05) is 0 Å². The van der Waals surface area contributed by atoms with Crippen molar-refractivity contribution in [2.75, 3.05) is 6.61 Å². The summed E-state index contributed by atoms with van der Waals surface area (Å²) >= 11 is 0. The van der Waals surface area contributed by atoms with Crippen LogP contribution in [0, 0.1) is 0 Å². The standard InChI is InChI=1S/C7H9O3S.C5H5.Fe/c1-2-10-11(8,9)7-5-3-4-6-7;1-2-4-5-3-1;/h3-6H,2H2,1H3;1-5H;/q2*-1;+2. The van der Waals surface area contributed by atoms with Crippen molar-refractivity contribution in [3.05, 3.63) is 54.6 Å². The van der Waals surface area contributed by atoms with Gasteiger partial charge >= 0.3 is 17.1 Å². The van der Waals surface area contributed by atoms with Gasteiger partial charge in [0.05, 0.1) is 6.61 Å². The average Bonchev–Trinajstić information content (AvgIpc) is 2.95. The first-order chi connectivity index (χ1) is 7.67. The maximum Gasteiger partial charge on any atom is 2.00 e. The van der Waals surface area contributed by atoms with Crippen molar-refractivity contribution in [1.82, 2.24) is 0 Å². The Morgan fingerprint density at radius 3 is 2.00 bits per heavy atom. The van der Waals surface area contributed by atoms with E-state index >= 15 is 0 Å². The zero-order valence-corrected chi connectivity index (χ0v) is 11.3. The van der Waals surface area contributed by atoms with Crippen molar-refractivity contribution >= 4 is 10.1 Å². The van der Waals surface area contributed by atoms with E-state index in [0.717, 1.165) is 0 Å². The van der Waals surface area contributed by atoms with Gasteiger partial charge in [-0.05, 0) is 11.8 Å². The van der Waals surface area contributed by atoms with E-state index < -0.39 is 10.1 Å². The van der Waals surface area contributed by atoms with Crippen molar-refractivity contribution in [1.29, 1.82) is 0 Å². The van der Waals surface area contributed by atoms with Gasteiger partial charge < -0.3 is 0 Å². The van der Waals surface area contributed by atoms with Gasteiger partial charge in [0.2, 0.25) is 10.1 Å². The second kappa shape index (κ2) is 8.25. The molecule has 5 heteroatoms. The van der Waals surface area contributed by atoms with Crippen molar-refractivity contribution in [2.24, 2.45) is 0 Å². The van der Waals surface area contributed by atoms with E-state index in [1.807, 2.05) is 30.3 Å². The Bertz CT molecular complexity index is 441. The molecule has 0 atom stereocenters. The summed E-state index contributed by atoms with van der Waals surface area (Å²) in [6.45, 7) is 1.81. The van der Waals surface area contributed by atoms with Crippen molar-refractivity contribution in [2.45, 2.75) is 11.8 Å². The maximum atomic E-state index is 11.1. The minimum atomic E-state index is -3.47. The minimum absolute atomic E-state index is 0. The Labute approximate surface area is 113 Å². The molecule has 3 nitrogen and oxygen atoms in total. The smallest absolute Gasteiger partial charge is 0.276 e. The van der Waals surface area contributed by atoms with E-state index in [1.165, 1.54) is 12.1 Å². The third-order valence-electron chi connectivity index (χ3n) is 1.75. The topological polar surface area (TPSA) is 43.4 Å². The van der Waals surface area contributed by atoms with Gasteiger partial charge in [-0.3, -0.25) is 4.18 Å². The summed E-state index contributed by atoms with van der Waals surface area (Å²) < 4.78 is 26.7. The van der Waals surface area contributed by atoms with Crippen LogP contribution < -0.4 is 0 Å². The van der Waals surface area contributed by atoms with Crippen molar-refractivity contribution in [3.8, 4) is 0 Å². The van der Waals surface area contributed by atoms with Gasteiger partial charge in [0.25, 0.3) is 0 Å². The predicted molar refractivity (Wildman–Crippen MR) is 62.9 cm³/mol. The van der Waals surface area contributed by atoms with E-state index in [4.69, 9.17) is 0 Å². The molecular weight excluding hydrogens is 280 g/mol. The fourth-order valence-electron chi connectivity index (χ4n) is 1.07. The first kappa shape index (κ1) is 16.1. The summed E-state index contributed by atoms with van der Waals surface area (Å²) in [7, 11) is -3.47. The molecule has 0 spiro atoms. The summed E-state index contributed by atoms with van der Waals surface area (Å²) in [5, 5.41) is 0. The minimum Gasteiger partial charge on any atom is -0.276 e. The number of hydrogen-bond donors (Lipinski definition) is 0. The zero-order chi connectivity index (χ0) is 11.9. The van der Waals surface area contributed by atoms with Crippen LogP contribution in [-0.2, 0) is 31.4 Å². The Balaban J connectivity index is 0.000000360. The van der Waals surface area contributed by atoms with Crippen molar-refractivity contribution < 1.29 is 29.7 Å². The number of hydrogen-bond acceptors (Lipinski definition) is 3. The molecule has 0 aromatic heterocycles. The SMILES string of the molecule is CCOS(=O)(=O)[c-]1cccc1.[Fe+2].c1cc[cH-]c1. The molecule has 0 N–H and O–H groups in total. The second-order valence-corrected chi connectivity index (χ2v) is 4.56. The number of rotatable bonds is 3. The Morgan fingerprint density at radius 2 is 1.65 bits per heavy atom. The van der Waals surface area contributed by atoms with Crippen LogP contribution in [0.4, 0.5) is 0 Å². The van der Waals surface area contributed by atoms with E-state index in [1.54, 1.807) is 19.1 Å². The van der Waals surface area contributed by atoms with Gasteiger partial charge in [-0.15, -0.1) is 0 Å². The molecule has 0 radical (unpaired) electrons. The summed E-state index contributed by atoms with van der Waals surface area (Å²) in [5.74, 6) is 0. The summed E-state index contributed by atoms with van der Waals surface area (Å²) in [4.78, 5) is 0.222. The molecular formula is C12H14FeO3S. The molecule has 0 saturated carbocycles. The molecule has 94 valence electrons. The predicted octanol–water partition coefficient (Wildman–Crippen LogP) is 2.53. The van der Waals surface area contributed by atoms with Crippen LogP contribution in [-0.4, -0.2) is 15.0 Å². The molecule has 0 amide bonds. The molecule has 0 aliphatic rings. The summed E-state index contributed by atoms with van der Waals surface area (Å²) in [6.07, 6.45) is 0. The van der Waals surface area contributed by atoms with Crippen LogP contribution >= 0.6 is 0 Å². The van der Waals surface area contributed by atoms with Crippen molar-refractivity contribution in [3.63, 3.8) is 0 Å². The maximum absolute atomic E-state index is 11.1. The fraction of sp³-hybridized carbons (Fsp3) is 0.167. The van der Waals surface area contributed by atoms with Crippen LogP contribution in [0.5, 0.6) is 0 Å². The fourth-order valence-corrected chi connectivity index (χ4v) is 2.00. The van der Waals surface area contributed by atoms with Crippen LogP contribution in [0.2, 0.25) is 0 Å². The quantitative estimate of drug-likeness (QED) is 0.496. The Morgan fingerprint density at radius 1 is 1.12 bits per heavy atom. The molecule has 2 aromatic rings. The molecule has 0 heterocycles. The van der Waals surface area contributed by atoms with Gasteiger partial charge in [0.1, 0.15) is 0 Å². The molecule has 2 rings (SSSR count). The Hall–Kier alpha value is -0.871. The van der Waals surface area contributed by atoms with E-state index in [9.17, 15) is 8.42 Å². The van der Waals surface area contributed by atoms with Crippen LogP contribution in [0.15, 0.2) is 59.5 Å². The Kier molecular flexibility index (Phi) is 7.83. The molecule has 0 bridgehead atoms. The van der Waals surface area contributed by atoms with E-state index in [0.29, 0.717) is 0 Å². The van der Waals surface area contributed by atoms with E-state index in [-0.39, 0.29) is 28.6 Å². The van der Waals surface area contributed by atoms with Gasteiger partial charge in [-0.25, -0.2) is 32.7 Å². The molecule has 0 aliphatic carbocycles. The largest absolute Gasteiger partial charge is 2.00 e. The first-order valence-electron chi connectivity index (χ1n) is 4.94. The third kappa shape index (κ3) is 5.84. The first-order valence-corrected chi connectivity index (χ1v) is 6.35. The molecule has 0 fully saturated rings. The monoisotopic (exact) mass is 294 g/mol. The van der Waals surface area contributed by atoms with E-state index in [2.05, 4.69) is 4.18 Å². The molecule has 0 aliphatic heterocycles. The summed E-state index contributed by atoms with van der Waals surface area (Å²) in [6, 6.07) is 16.3. The molecule has 17 heavy (non-hydrogen) atoms. The average molecular weight is 294 g/mol. The molecule has 0 saturated heterocycles. The second-order valence-electron chi connectivity index (χ2n) is 2.94. The third-order valence-corrected chi connectivity index (χ3v) is 3.14. The molecule has 0 unspecified atom stereocenters. The van der Waals surface area contributed by atoms with Gasteiger partial charge in [0.15, 0.2) is 0 Å². The molecule has 2 aromatic carbocycles.